The van der Waals surface area contributed by atoms with Gasteiger partial charge in [0.15, 0.2) is 5.82 Å². The molecule has 170 valence electrons. The van der Waals surface area contributed by atoms with E-state index in [1.807, 2.05) is 30.1 Å². The van der Waals surface area contributed by atoms with Gasteiger partial charge in [-0.3, -0.25) is 14.8 Å². The van der Waals surface area contributed by atoms with Crippen molar-refractivity contribution >= 4 is 34.9 Å². The highest BCUT2D eigenvalue weighted by Crippen LogP contribution is 2.28. The van der Waals surface area contributed by atoms with Gasteiger partial charge in [0, 0.05) is 74.0 Å². The number of amides is 1. The molecule has 7 nitrogen and oxygen atoms in total. The van der Waals surface area contributed by atoms with Crippen LogP contribution in [0.1, 0.15) is 20.8 Å². The number of nitrogens with one attached hydrogen (secondary N) is 2. The number of hydrogen-bond acceptors (Lipinski definition) is 5. The molecule has 1 aromatic heterocycles. The van der Waals surface area contributed by atoms with Crippen molar-refractivity contribution in [3.8, 4) is 11.3 Å². The molecule has 0 radical (unpaired) electrons. The minimum atomic E-state index is -0.152. The van der Waals surface area contributed by atoms with Gasteiger partial charge in [0.25, 0.3) is 0 Å². The Hall–Kier alpha value is -1.80. The molecule has 2 heterocycles. The van der Waals surface area contributed by atoms with Crippen LogP contribution in [-0.4, -0.2) is 84.3 Å². The Bertz CT molecular complexity index is 866. The van der Waals surface area contributed by atoms with E-state index in [-0.39, 0.29) is 11.9 Å². The zero-order valence-corrected chi connectivity index (χ0v) is 20.2. The van der Waals surface area contributed by atoms with Crippen molar-refractivity contribution in [3.05, 3.63) is 34.3 Å². The summed E-state index contributed by atoms with van der Waals surface area (Å²) >= 11 is 12.3. The van der Waals surface area contributed by atoms with Gasteiger partial charge in [-0.15, -0.1) is 0 Å². The fourth-order valence-electron chi connectivity index (χ4n) is 3.82. The second kappa shape index (κ2) is 10.7. The molecule has 31 heavy (non-hydrogen) atoms. The summed E-state index contributed by atoms with van der Waals surface area (Å²) in [4.78, 5) is 19.2. The Kier molecular flexibility index (Phi) is 8.22. The number of halogens is 2. The minimum absolute atomic E-state index is 0.137. The molecule has 0 spiro atoms. The fraction of sp³-hybridized carbons (Fsp3) is 0.545. The van der Waals surface area contributed by atoms with Crippen LogP contribution in [0.5, 0.6) is 0 Å². The first-order valence-corrected chi connectivity index (χ1v) is 11.5. The van der Waals surface area contributed by atoms with E-state index in [0.717, 1.165) is 43.3 Å². The van der Waals surface area contributed by atoms with Crippen LogP contribution >= 0.6 is 23.2 Å². The van der Waals surface area contributed by atoms with E-state index in [0.29, 0.717) is 29.2 Å². The van der Waals surface area contributed by atoms with Gasteiger partial charge in [-0.1, -0.05) is 23.2 Å². The maximum absolute atomic E-state index is 12.9. The van der Waals surface area contributed by atoms with E-state index in [9.17, 15) is 4.79 Å². The van der Waals surface area contributed by atoms with E-state index < -0.39 is 0 Å². The number of benzene rings is 1. The van der Waals surface area contributed by atoms with Crippen LogP contribution in [0.2, 0.25) is 10.0 Å². The second-order valence-corrected chi connectivity index (χ2v) is 9.11. The molecule has 1 aromatic carbocycles. The molecule has 0 saturated carbocycles. The number of carbonyl (C=O) groups excluding carboxylic acids is 1. The molecule has 0 bridgehead atoms. The number of likely N-dealkylation sites (N-methyl/N-ethyl adjacent to an activating group) is 2. The van der Waals surface area contributed by atoms with Crippen molar-refractivity contribution in [2.45, 2.75) is 32.9 Å². The lowest BCUT2D eigenvalue weighted by Crippen LogP contribution is -2.59. The summed E-state index contributed by atoms with van der Waals surface area (Å²) in [6, 6.07) is 7.69. The third-order valence-corrected chi connectivity index (χ3v) is 6.20. The summed E-state index contributed by atoms with van der Waals surface area (Å²) in [6.07, 6.45) is 0. The van der Waals surface area contributed by atoms with Gasteiger partial charge in [0.05, 0.1) is 11.7 Å². The smallest absolute Gasteiger partial charge is 0.240 e. The molecule has 1 aliphatic heterocycles. The molecule has 1 saturated heterocycles. The second-order valence-electron chi connectivity index (χ2n) is 8.23. The van der Waals surface area contributed by atoms with Crippen molar-refractivity contribution in [1.82, 2.24) is 25.3 Å². The van der Waals surface area contributed by atoms with Crippen LogP contribution in [-0.2, 0) is 4.79 Å². The van der Waals surface area contributed by atoms with Gasteiger partial charge in [-0.05, 0) is 39.0 Å². The molecule has 3 rings (SSSR count). The number of rotatable bonds is 8. The standard InChI is InChI=1S/C22H32Cl2N6O/c1-5-29(21-13-19(26-27-21)16-10-17(23)12-18(24)11-16)9-8-28(4)22(31)20-14-30(15(2)3)7-6-25-20/h10-13,15,20,25H,5-9,14H2,1-4H3,(H,26,27). The lowest BCUT2D eigenvalue weighted by molar-refractivity contribution is -0.133. The van der Waals surface area contributed by atoms with Crippen molar-refractivity contribution in [3.63, 3.8) is 0 Å². The summed E-state index contributed by atoms with van der Waals surface area (Å²) in [7, 11) is 1.87. The monoisotopic (exact) mass is 466 g/mol. The first-order chi connectivity index (χ1) is 14.8. The Balaban J connectivity index is 1.60. The number of anilines is 1. The molecular formula is C22H32Cl2N6O. The molecule has 1 aliphatic rings. The van der Waals surface area contributed by atoms with Gasteiger partial charge in [-0.25, -0.2) is 0 Å². The van der Waals surface area contributed by atoms with Gasteiger partial charge in [-0.2, -0.15) is 5.10 Å². The SMILES string of the molecule is CCN(CCN(C)C(=O)C1CN(C(C)C)CCN1)c1cc(-c2cc(Cl)cc(Cl)c2)[nH]n1. The quantitative estimate of drug-likeness (QED) is 0.624. The number of piperazine rings is 1. The Morgan fingerprint density at radius 2 is 1.94 bits per heavy atom. The van der Waals surface area contributed by atoms with Crippen LogP contribution < -0.4 is 10.2 Å². The zero-order valence-electron chi connectivity index (χ0n) is 18.7. The van der Waals surface area contributed by atoms with E-state index in [1.165, 1.54) is 0 Å². The molecule has 2 N–H and O–H groups in total. The van der Waals surface area contributed by atoms with Crippen molar-refractivity contribution in [2.75, 3.05) is 51.2 Å². The minimum Gasteiger partial charge on any atom is -0.354 e. The maximum Gasteiger partial charge on any atom is 0.240 e. The summed E-state index contributed by atoms with van der Waals surface area (Å²) in [5.41, 5.74) is 1.74. The van der Waals surface area contributed by atoms with Crippen molar-refractivity contribution in [2.24, 2.45) is 0 Å². The largest absolute Gasteiger partial charge is 0.354 e. The summed E-state index contributed by atoms with van der Waals surface area (Å²) in [5, 5.41) is 12.0. The summed E-state index contributed by atoms with van der Waals surface area (Å²) in [5.74, 6) is 0.967. The average molecular weight is 467 g/mol. The average Bonchev–Trinajstić information content (AvgIpc) is 3.23. The third kappa shape index (κ3) is 6.13. The first kappa shape index (κ1) is 23.9. The van der Waals surface area contributed by atoms with Crippen molar-refractivity contribution in [1.29, 1.82) is 0 Å². The van der Waals surface area contributed by atoms with Crippen LogP contribution in [0.3, 0.4) is 0 Å². The zero-order chi connectivity index (χ0) is 22.5. The maximum atomic E-state index is 12.9. The van der Waals surface area contributed by atoms with Gasteiger partial charge < -0.3 is 15.1 Å². The number of aromatic nitrogens is 2. The highest BCUT2D eigenvalue weighted by atomic mass is 35.5. The first-order valence-electron chi connectivity index (χ1n) is 10.8. The topological polar surface area (TPSA) is 67.5 Å². The lowest BCUT2D eigenvalue weighted by Gasteiger charge is -2.37. The highest BCUT2D eigenvalue weighted by molar-refractivity contribution is 6.35. The molecule has 2 aromatic rings. The molecule has 1 unspecified atom stereocenters. The number of H-pyrrole nitrogens is 1. The van der Waals surface area contributed by atoms with Crippen molar-refractivity contribution < 1.29 is 4.79 Å². The number of nitrogens with zero attached hydrogens (tertiary/aromatic N) is 4. The van der Waals surface area contributed by atoms with Crippen LogP contribution in [0, 0.1) is 0 Å². The van der Waals surface area contributed by atoms with E-state index in [2.05, 4.69) is 46.1 Å². The predicted molar refractivity (Wildman–Crippen MR) is 128 cm³/mol. The fourth-order valence-corrected chi connectivity index (χ4v) is 4.35. The van der Waals surface area contributed by atoms with Crippen LogP contribution in [0.25, 0.3) is 11.3 Å². The van der Waals surface area contributed by atoms with Gasteiger partial charge >= 0.3 is 0 Å². The molecule has 1 fully saturated rings. The summed E-state index contributed by atoms with van der Waals surface area (Å²) < 4.78 is 0. The molecule has 9 heteroatoms. The molecule has 0 aliphatic carbocycles. The molecular weight excluding hydrogens is 435 g/mol. The third-order valence-electron chi connectivity index (χ3n) is 5.76. The Morgan fingerprint density at radius 1 is 1.23 bits per heavy atom. The molecule has 1 atom stereocenters. The Labute approximate surface area is 194 Å². The number of carbonyl (C=O) groups is 1. The summed E-state index contributed by atoms with van der Waals surface area (Å²) in [6.45, 7) is 11.1. The number of hydrogen-bond donors (Lipinski definition) is 2. The lowest BCUT2D eigenvalue weighted by atomic mass is 10.1. The van der Waals surface area contributed by atoms with E-state index >= 15 is 0 Å². The normalized spacial score (nSPS) is 17.2. The van der Waals surface area contributed by atoms with Gasteiger partial charge in [0.1, 0.15) is 0 Å². The van der Waals surface area contributed by atoms with E-state index in [1.54, 1.807) is 6.07 Å². The Morgan fingerprint density at radius 3 is 2.58 bits per heavy atom. The van der Waals surface area contributed by atoms with E-state index in [4.69, 9.17) is 23.2 Å². The predicted octanol–water partition coefficient (Wildman–Crippen LogP) is 3.35. The highest BCUT2D eigenvalue weighted by Gasteiger charge is 2.28. The number of aromatic amines is 1. The van der Waals surface area contributed by atoms with Crippen LogP contribution in [0.15, 0.2) is 24.3 Å². The van der Waals surface area contributed by atoms with Gasteiger partial charge in [0.2, 0.25) is 5.91 Å². The van der Waals surface area contributed by atoms with Crippen LogP contribution in [0.4, 0.5) is 5.82 Å². The molecule has 1 amide bonds.